The molecule has 0 atom stereocenters. The molecule has 3 nitrogen and oxygen atoms in total. The van der Waals surface area contributed by atoms with Crippen LogP contribution in [0.4, 0.5) is 0 Å². The number of rotatable bonds is 8. The van der Waals surface area contributed by atoms with E-state index in [-0.39, 0.29) is 35.3 Å². The van der Waals surface area contributed by atoms with Gasteiger partial charge in [-0.3, -0.25) is 0 Å². The second-order valence-electron chi connectivity index (χ2n) is 6.72. The van der Waals surface area contributed by atoms with Crippen LogP contribution in [0.5, 0.6) is 0 Å². The number of hydrogen-bond donors (Lipinski definition) is 0. The number of hydrogen-bond acceptors (Lipinski definition) is 3. The molecular formula is C22H60O3Si. The first-order valence-corrected chi connectivity index (χ1v) is 12.1. The van der Waals surface area contributed by atoms with Crippen LogP contribution in [0.25, 0.3) is 0 Å². The van der Waals surface area contributed by atoms with E-state index < -0.39 is 8.32 Å². The third kappa shape index (κ3) is 56.4. The quantitative estimate of drug-likeness (QED) is 0.302. The van der Waals surface area contributed by atoms with Crippen LogP contribution in [0.15, 0.2) is 0 Å². The molecule has 0 saturated carbocycles. The predicted octanol–water partition coefficient (Wildman–Crippen LogP) is 8.44. The molecule has 0 fully saturated rings. The van der Waals surface area contributed by atoms with Crippen molar-refractivity contribution in [2.75, 3.05) is 26.4 Å². The zero-order valence-electron chi connectivity index (χ0n) is 17.2. The summed E-state index contributed by atoms with van der Waals surface area (Å²) in [6.45, 7) is 24.9. The van der Waals surface area contributed by atoms with E-state index in [1.54, 1.807) is 0 Å². The second-order valence-corrected chi connectivity index (χ2v) is 11.2. The zero-order chi connectivity index (χ0) is 18.1. The van der Waals surface area contributed by atoms with Gasteiger partial charge < -0.3 is 13.9 Å². The Morgan fingerprint density at radius 3 is 1.04 bits per heavy atom. The first-order valence-electron chi connectivity index (χ1n) is 8.95. The van der Waals surface area contributed by atoms with Crippen LogP contribution in [0.1, 0.15) is 97.9 Å². The Bertz CT molecular complexity index is 186. The van der Waals surface area contributed by atoms with E-state index >= 15 is 0 Å². The van der Waals surface area contributed by atoms with E-state index in [2.05, 4.69) is 54.6 Å². The largest absolute Gasteiger partial charge is 0.413 e. The van der Waals surface area contributed by atoms with Gasteiger partial charge in [-0.15, -0.1) is 0 Å². The van der Waals surface area contributed by atoms with Crippen LogP contribution in [0.2, 0.25) is 19.1 Å². The van der Waals surface area contributed by atoms with Crippen molar-refractivity contribution in [1.82, 2.24) is 0 Å². The standard InChI is InChI=1S/C8H20OSi.2C5H12O.4CH4/c1-7-10(5,6)9-8(2,3)4;2*1-3-5-6-4-2;;;;/h7H2,1-6H3;2*3-5H2,1-2H3;4*1H4. The van der Waals surface area contributed by atoms with Crippen molar-refractivity contribution in [2.24, 2.45) is 0 Å². The Morgan fingerprint density at radius 2 is 0.962 bits per heavy atom. The van der Waals surface area contributed by atoms with Crippen molar-refractivity contribution in [3.8, 4) is 0 Å². The van der Waals surface area contributed by atoms with Gasteiger partial charge in [-0.25, -0.2) is 0 Å². The van der Waals surface area contributed by atoms with Gasteiger partial charge >= 0.3 is 0 Å². The topological polar surface area (TPSA) is 27.7 Å². The molecule has 0 aromatic heterocycles. The highest BCUT2D eigenvalue weighted by Crippen LogP contribution is 2.19. The molecule has 0 aliphatic rings. The molecule has 0 heterocycles. The van der Waals surface area contributed by atoms with Gasteiger partial charge in [0.25, 0.3) is 0 Å². The monoisotopic (exact) mass is 400 g/mol. The van der Waals surface area contributed by atoms with E-state index in [0.29, 0.717) is 0 Å². The van der Waals surface area contributed by atoms with Crippen molar-refractivity contribution in [3.05, 3.63) is 0 Å². The molecular weight excluding hydrogens is 340 g/mol. The van der Waals surface area contributed by atoms with Crippen LogP contribution in [-0.2, 0) is 13.9 Å². The molecule has 0 unspecified atom stereocenters. The molecule has 0 N–H and O–H groups in total. The van der Waals surface area contributed by atoms with Crippen LogP contribution >= 0.6 is 0 Å². The highest BCUT2D eigenvalue weighted by molar-refractivity contribution is 6.71. The molecule has 0 saturated heterocycles. The Labute approximate surface area is 171 Å². The van der Waals surface area contributed by atoms with Gasteiger partial charge in [-0.05, 0) is 66.6 Å². The average molecular weight is 401 g/mol. The van der Waals surface area contributed by atoms with Gasteiger partial charge in [-0.1, -0.05) is 50.5 Å². The lowest BCUT2D eigenvalue weighted by atomic mass is 10.2. The molecule has 0 spiro atoms. The van der Waals surface area contributed by atoms with Gasteiger partial charge in [0.15, 0.2) is 8.32 Å². The summed E-state index contributed by atoms with van der Waals surface area (Å²) in [5, 5.41) is 0. The Hall–Kier alpha value is 0.0969. The summed E-state index contributed by atoms with van der Waals surface area (Å²) in [5.41, 5.74) is 0.0474. The summed E-state index contributed by atoms with van der Waals surface area (Å²) in [6, 6.07) is 1.20. The van der Waals surface area contributed by atoms with Crippen LogP contribution in [0, 0.1) is 0 Å². The summed E-state index contributed by atoms with van der Waals surface area (Å²) >= 11 is 0. The normalized spacial score (nSPS) is 9.46. The van der Waals surface area contributed by atoms with Crippen molar-refractivity contribution >= 4 is 8.32 Å². The van der Waals surface area contributed by atoms with Crippen molar-refractivity contribution in [1.29, 1.82) is 0 Å². The van der Waals surface area contributed by atoms with E-state index in [1.165, 1.54) is 6.04 Å². The van der Waals surface area contributed by atoms with Gasteiger partial charge in [0.1, 0.15) is 0 Å². The van der Waals surface area contributed by atoms with Crippen LogP contribution in [0.3, 0.4) is 0 Å². The molecule has 170 valence electrons. The van der Waals surface area contributed by atoms with E-state index in [1.807, 2.05) is 13.8 Å². The summed E-state index contributed by atoms with van der Waals surface area (Å²) in [5.74, 6) is 0. The van der Waals surface area contributed by atoms with Gasteiger partial charge in [-0.2, -0.15) is 0 Å². The molecule has 0 bridgehead atoms. The molecule has 0 aromatic rings. The zero-order valence-corrected chi connectivity index (χ0v) is 18.2. The summed E-state index contributed by atoms with van der Waals surface area (Å²) in [6.07, 6.45) is 2.27. The SMILES string of the molecule is C.C.C.C.CCCOCC.CCCOCC.CC[Si](C)(C)OC(C)(C)C. The van der Waals surface area contributed by atoms with Crippen LogP contribution < -0.4 is 0 Å². The molecule has 26 heavy (non-hydrogen) atoms. The molecule has 0 aliphatic heterocycles. The molecule has 0 aromatic carbocycles. The van der Waals surface area contributed by atoms with Crippen LogP contribution in [-0.4, -0.2) is 40.3 Å². The minimum atomic E-state index is -1.31. The molecule has 0 amide bonds. The third-order valence-corrected chi connectivity index (χ3v) is 5.41. The molecule has 4 heteroatoms. The predicted molar refractivity (Wildman–Crippen MR) is 129 cm³/mol. The first kappa shape index (κ1) is 45.1. The van der Waals surface area contributed by atoms with E-state index in [4.69, 9.17) is 13.9 Å². The van der Waals surface area contributed by atoms with Crippen molar-refractivity contribution in [3.63, 3.8) is 0 Å². The fourth-order valence-corrected chi connectivity index (χ4v) is 3.28. The van der Waals surface area contributed by atoms with E-state index in [9.17, 15) is 0 Å². The Balaban J connectivity index is -0.0000000404. The smallest absolute Gasteiger partial charge is 0.187 e. The molecule has 0 aliphatic carbocycles. The first-order chi connectivity index (χ1) is 10.1. The summed E-state index contributed by atoms with van der Waals surface area (Å²) in [4.78, 5) is 0. The lowest BCUT2D eigenvalue weighted by Gasteiger charge is -2.31. The summed E-state index contributed by atoms with van der Waals surface area (Å²) in [7, 11) is -1.31. The maximum atomic E-state index is 5.91. The second kappa shape index (κ2) is 29.8. The molecule has 0 rings (SSSR count). The third-order valence-electron chi connectivity index (χ3n) is 2.54. The maximum Gasteiger partial charge on any atom is 0.187 e. The number of ether oxygens (including phenoxy) is 2. The molecule has 0 radical (unpaired) electrons. The Morgan fingerprint density at radius 1 is 0.654 bits per heavy atom. The van der Waals surface area contributed by atoms with E-state index in [0.717, 1.165) is 39.3 Å². The Kier molecular flexibility index (Phi) is 51.7. The minimum absolute atomic E-state index is 0. The maximum absolute atomic E-state index is 5.91. The fourth-order valence-electron chi connectivity index (χ4n) is 1.48. The lowest BCUT2D eigenvalue weighted by Crippen LogP contribution is -2.38. The summed E-state index contributed by atoms with van der Waals surface area (Å²) < 4.78 is 15.9. The van der Waals surface area contributed by atoms with Gasteiger partial charge in [0.05, 0.1) is 0 Å². The van der Waals surface area contributed by atoms with Gasteiger partial charge in [0, 0.05) is 32.0 Å². The lowest BCUT2D eigenvalue weighted by molar-refractivity contribution is 0.120. The fraction of sp³-hybridized carbons (Fsp3) is 1.00. The average Bonchev–Trinajstić information content (AvgIpc) is 2.41. The van der Waals surface area contributed by atoms with Crippen molar-refractivity contribution in [2.45, 2.75) is 123 Å². The highest BCUT2D eigenvalue weighted by Gasteiger charge is 2.25. The van der Waals surface area contributed by atoms with Gasteiger partial charge in [0.2, 0.25) is 0 Å². The van der Waals surface area contributed by atoms with Crippen molar-refractivity contribution < 1.29 is 13.9 Å². The highest BCUT2D eigenvalue weighted by atomic mass is 28.4. The minimum Gasteiger partial charge on any atom is -0.413 e.